The topological polar surface area (TPSA) is 60.1 Å². The highest BCUT2D eigenvalue weighted by Crippen LogP contribution is 2.25. The van der Waals surface area contributed by atoms with Gasteiger partial charge in [-0.3, -0.25) is 0 Å². The number of rotatable bonds is 1. The maximum atomic E-state index is 4.84. The van der Waals surface area contributed by atoms with Crippen molar-refractivity contribution in [1.29, 1.82) is 0 Å². The fourth-order valence-corrected chi connectivity index (χ4v) is 1.78. The van der Waals surface area contributed by atoms with Gasteiger partial charge in [0, 0.05) is 31.3 Å². The van der Waals surface area contributed by atoms with Gasteiger partial charge in [-0.2, -0.15) is 0 Å². The summed E-state index contributed by atoms with van der Waals surface area (Å²) in [5.41, 5.74) is 3.46. The summed E-state index contributed by atoms with van der Waals surface area (Å²) in [5, 5.41) is 4.05. The van der Waals surface area contributed by atoms with Crippen molar-refractivity contribution in [2.75, 3.05) is 32.7 Å². The van der Waals surface area contributed by atoms with E-state index in [2.05, 4.69) is 40.0 Å². The maximum absolute atomic E-state index is 4.84. The normalized spacial score (nSPS) is 15.1. The lowest BCUT2D eigenvalue weighted by atomic mass is 10.0. The zero-order chi connectivity index (χ0) is 12.7. The predicted octanol–water partition coefficient (Wildman–Crippen LogP) is 1.81. The molecule has 0 saturated heterocycles. The van der Waals surface area contributed by atoms with Crippen molar-refractivity contribution in [3.8, 4) is 0 Å². The van der Waals surface area contributed by atoms with Crippen molar-refractivity contribution in [3.63, 3.8) is 0 Å². The van der Waals surface area contributed by atoms with Crippen molar-refractivity contribution in [2.45, 2.75) is 6.42 Å². The lowest BCUT2D eigenvalue weighted by Gasteiger charge is -2.27. The number of para-hydroxylation sites is 1. The average Bonchev–Trinajstić information content (AvgIpc) is 2.34. The molecule has 0 bridgehead atoms. The Labute approximate surface area is 114 Å². The molecule has 6 heteroatoms. The summed E-state index contributed by atoms with van der Waals surface area (Å²) in [5.74, 6) is 4.35. The molecule has 1 aromatic carbocycles. The molecule has 18 heavy (non-hydrogen) atoms. The van der Waals surface area contributed by atoms with E-state index in [0.717, 1.165) is 18.7 Å². The first-order chi connectivity index (χ1) is 8.24. The summed E-state index contributed by atoms with van der Waals surface area (Å²) in [6, 6.07) is 8.27. The van der Waals surface area contributed by atoms with Crippen molar-refractivity contribution < 1.29 is 9.68 Å². The van der Waals surface area contributed by atoms with E-state index in [1.807, 2.05) is 12.1 Å². The summed E-state index contributed by atoms with van der Waals surface area (Å²) in [6.07, 6.45) is 0.946. The lowest BCUT2D eigenvalue weighted by molar-refractivity contribution is 0.206. The van der Waals surface area contributed by atoms with E-state index in [9.17, 15) is 0 Å². The van der Waals surface area contributed by atoms with Gasteiger partial charge in [-0.25, -0.2) is 5.90 Å². The first-order valence-corrected chi connectivity index (χ1v) is 5.38. The smallest absolute Gasteiger partial charge is 0.106 e. The number of hydrogen-bond donors (Lipinski definition) is 1. The molecule has 0 aromatic heterocycles. The Morgan fingerprint density at radius 1 is 1.28 bits per heavy atom. The van der Waals surface area contributed by atoms with Crippen LogP contribution in [0.3, 0.4) is 0 Å². The molecule has 0 saturated carbocycles. The SMILES string of the molecule is CON.CON=C1CCN(C)c2ccccc21.Cl. The van der Waals surface area contributed by atoms with E-state index < -0.39 is 0 Å². The minimum absolute atomic E-state index is 0. The number of nitrogens with zero attached hydrogens (tertiary/aromatic N) is 2. The van der Waals surface area contributed by atoms with Gasteiger partial charge in [-0.05, 0) is 6.07 Å². The van der Waals surface area contributed by atoms with Crippen LogP contribution in [-0.2, 0) is 9.68 Å². The minimum atomic E-state index is 0. The summed E-state index contributed by atoms with van der Waals surface area (Å²) < 4.78 is 0. The molecule has 0 fully saturated rings. The number of benzene rings is 1. The van der Waals surface area contributed by atoms with Gasteiger partial charge in [0.25, 0.3) is 0 Å². The Morgan fingerprint density at radius 3 is 2.50 bits per heavy atom. The molecule has 1 aliphatic rings. The molecule has 1 aromatic rings. The minimum Gasteiger partial charge on any atom is -0.399 e. The zero-order valence-corrected chi connectivity index (χ0v) is 11.7. The third-order valence-corrected chi connectivity index (χ3v) is 2.51. The monoisotopic (exact) mass is 273 g/mol. The van der Waals surface area contributed by atoms with Crippen LogP contribution in [0, 0.1) is 0 Å². The molecule has 0 unspecified atom stereocenters. The Kier molecular flexibility index (Phi) is 8.11. The first kappa shape index (κ1) is 16.7. The molecular formula is C12H20ClN3O2. The van der Waals surface area contributed by atoms with E-state index in [4.69, 9.17) is 4.84 Å². The van der Waals surface area contributed by atoms with Gasteiger partial charge in [-0.15, -0.1) is 12.4 Å². The van der Waals surface area contributed by atoms with E-state index in [1.54, 1.807) is 7.11 Å². The van der Waals surface area contributed by atoms with Crippen molar-refractivity contribution in [2.24, 2.45) is 11.1 Å². The molecule has 1 aliphatic heterocycles. The first-order valence-electron chi connectivity index (χ1n) is 5.38. The Morgan fingerprint density at radius 2 is 1.89 bits per heavy atom. The zero-order valence-electron chi connectivity index (χ0n) is 10.9. The number of nitrogens with two attached hydrogens (primary N) is 1. The molecule has 2 rings (SSSR count). The van der Waals surface area contributed by atoms with Gasteiger partial charge < -0.3 is 14.6 Å². The van der Waals surface area contributed by atoms with E-state index in [0.29, 0.717) is 0 Å². The van der Waals surface area contributed by atoms with Crippen LogP contribution in [0.4, 0.5) is 5.69 Å². The Bertz CT molecular complexity index is 385. The highest BCUT2D eigenvalue weighted by Gasteiger charge is 2.18. The van der Waals surface area contributed by atoms with Crippen molar-refractivity contribution >= 4 is 23.8 Å². The van der Waals surface area contributed by atoms with Crippen LogP contribution in [-0.4, -0.2) is 33.5 Å². The molecule has 0 atom stereocenters. The molecule has 102 valence electrons. The molecule has 5 nitrogen and oxygen atoms in total. The highest BCUT2D eigenvalue weighted by molar-refractivity contribution is 6.06. The second-order valence-electron chi connectivity index (χ2n) is 3.64. The van der Waals surface area contributed by atoms with E-state index >= 15 is 0 Å². The number of hydrogen-bond acceptors (Lipinski definition) is 5. The third kappa shape index (κ3) is 4.18. The molecule has 0 amide bonds. The number of fused-ring (bicyclic) bond motifs is 1. The largest absolute Gasteiger partial charge is 0.399 e. The predicted molar refractivity (Wildman–Crippen MR) is 76.3 cm³/mol. The highest BCUT2D eigenvalue weighted by atomic mass is 35.5. The van der Waals surface area contributed by atoms with Crippen LogP contribution in [0.15, 0.2) is 29.4 Å². The van der Waals surface area contributed by atoms with Crippen LogP contribution < -0.4 is 10.8 Å². The second kappa shape index (κ2) is 8.74. The van der Waals surface area contributed by atoms with Crippen LogP contribution in [0.1, 0.15) is 12.0 Å². The Balaban J connectivity index is 0.000000660. The summed E-state index contributed by atoms with van der Waals surface area (Å²) in [4.78, 5) is 10.8. The number of anilines is 1. The average molecular weight is 274 g/mol. The summed E-state index contributed by atoms with van der Waals surface area (Å²) in [6.45, 7) is 0.999. The standard InChI is InChI=1S/C11H14N2O.CH5NO.ClH/c1-13-8-7-10(12-14-2)9-5-3-4-6-11(9)13;1-3-2;/h3-6H,7-8H2,1-2H3;2H2,1H3;1H. The molecule has 0 aliphatic carbocycles. The van der Waals surface area contributed by atoms with Gasteiger partial charge in [-0.1, -0.05) is 23.4 Å². The lowest BCUT2D eigenvalue weighted by Crippen LogP contribution is -2.28. The molecule has 0 spiro atoms. The number of oxime groups is 1. The van der Waals surface area contributed by atoms with Crippen LogP contribution in [0.25, 0.3) is 0 Å². The molecule has 0 radical (unpaired) electrons. The van der Waals surface area contributed by atoms with Crippen LogP contribution in [0.5, 0.6) is 0 Å². The van der Waals surface area contributed by atoms with Gasteiger partial charge in [0.15, 0.2) is 0 Å². The van der Waals surface area contributed by atoms with E-state index in [-0.39, 0.29) is 12.4 Å². The quantitative estimate of drug-likeness (QED) is 0.793. The van der Waals surface area contributed by atoms with Gasteiger partial charge >= 0.3 is 0 Å². The molecule has 2 N–H and O–H groups in total. The molecule has 1 heterocycles. The molecular weight excluding hydrogens is 254 g/mol. The summed E-state index contributed by atoms with van der Waals surface area (Å²) in [7, 11) is 5.09. The van der Waals surface area contributed by atoms with E-state index in [1.165, 1.54) is 18.4 Å². The summed E-state index contributed by atoms with van der Waals surface area (Å²) >= 11 is 0. The third-order valence-electron chi connectivity index (χ3n) is 2.51. The Hall–Kier alpha value is -1.30. The maximum Gasteiger partial charge on any atom is 0.106 e. The van der Waals surface area contributed by atoms with Crippen molar-refractivity contribution in [1.82, 2.24) is 0 Å². The van der Waals surface area contributed by atoms with Crippen LogP contribution >= 0.6 is 12.4 Å². The fraction of sp³-hybridized carbons (Fsp3) is 0.417. The number of halogens is 1. The van der Waals surface area contributed by atoms with Gasteiger partial charge in [0.05, 0.1) is 12.8 Å². The van der Waals surface area contributed by atoms with Crippen LogP contribution in [0.2, 0.25) is 0 Å². The van der Waals surface area contributed by atoms with Gasteiger partial charge in [0.1, 0.15) is 7.11 Å². The second-order valence-corrected chi connectivity index (χ2v) is 3.64. The van der Waals surface area contributed by atoms with Crippen molar-refractivity contribution in [3.05, 3.63) is 29.8 Å². The fourth-order valence-electron chi connectivity index (χ4n) is 1.78. The van der Waals surface area contributed by atoms with Gasteiger partial charge in [0.2, 0.25) is 0 Å².